The van der Waals surface area contributed by atoms with E-state index in [-0.39, 0.29) is 31.1 Å². The van der Waals surface area contributed by atoms with Crippen LogP contribution in [0.15, 0.2) is 0 Å². The lowest BCUT2D eigenvalue weighted by atomic mass is 10.1. The van der Waals surface area contributed by atoms with Gasteiger partial charge in [0.2, 0.25) is 11.8 Å². The molecule has 1 aliphatic rings. The summed E-state index contributed by atoms with van der Waals surface area (Å²) in [5.74, 6) is -1.89. The van der Waals surface area contributed by atoms with E-state index in [1.54, 1.807) is 0 Å². The smallest absolute Gasteiger partial charge is 0.326 e. The predicted molar refractivity (Wildman–Crippen MR) is 55.4 cm³/mol. The van der Waals surface area contributed by atoms with Crippen molar-refractivity contribution in [2.75, 3.05) is 6.54 Å². The molecule has 0 aliphatic carbocycles. The maximum atomic E-state index is 11.4. The van der Waals surface area contributed by atoms with Crippen molar-refractivity contribution in [3.63, 3.8) is 0 Å². The summed E-state index contributed by atoms with van der Waals surface area (Å²) in [5.41, 5.74) is 5.30. The van der Waals surface area contributed by atoms with E-state index in [1.807, 2.05) is 0 Å². The van der Waals surface area contributed by atoms with Crippen LogP contribution in [0.25, 0.3) is 0 Å². The van der Waals surface area contributed by atoms with Gasteiger partial charge in [-0.15, -0.1) is 0 Å². The number of carbonyl (C=O) groups is 3. The number of imide groups is 1. The summed E-state index contributed by atoms with van der Waals surface area (Å²) in [6.07, 6.45) is 1.83. The van der Waals surface area contributed by atoms with Crippen LogP contribution in [0.3, 0.4) is 0 Å². The van der Waals surface area contributed by atoms with Gasteiger partial charge < -0.3 is 10.8 Å². The summed E-state index contributed by atoms with van der Waals surface area (Å²) in [7, 11) is 0. The highest BCUT2D eigenvalue weighted by Gasteiger charge is 2.38. The van der Waals surface area contributed by atoms with Crippen LogP contribution in [0.1, 0.15) is 32.1 Å². The molecule has 1 atom stereocenters. The molecule has 3 N–H and O–H groups in total. The second-order valence-electron chi connectivity index (χ2n) is 3.80. The molecule has 1 saturated heterocycles. The van der Waals surface area contributed by atoms with E-state index in [4.69, 9.17) is 10.8 Å². The Hall–Kier alpha value is -1.43. The van der Waals surface area contributed by atoms with Crippen molar-refractivity contribution < 1.29 is 19.5 Å². The van der Waals surface area contributed by atoms with E-state index in [9.17, 15) is 14.4 Å². The Labute approximate surface area is 93.4 Å². The number of nitrogens with two attached hydrogens (primary N) is 1. The van der Waals surface area contributed by atoms with Gasteiger partial charge in [-0.1, -0.05) is 0 Å². The Morgan fingerprint density at radius 2 is 1.88 bits per heavy atom. The molecular formula is C10H16N2O4. The number of carbonyl (C=O) groups excluding carboxylic acids is 2. The van der Waals surface area contributed by atoms with Crippen LogP contribution in [-0.2, 0) is 14.4 Å². The molecule has 0 aromatic carbocycles. The molecule has 1 fully saturated rings. The van der Waals surface area contributed by atoms with E-state index >= 15 is 0 Å². The monoisotopic (exact) mass is 228 g/mol. The van der Waals surface area contributed by atoms with Gasteiger partial charge in [0.05, 0.1) is 0 Å². The zero-order valence-corrected chi connectivity index (χ0v) is 9.02. The van der Waals surface area contributed by atoms with Crippen LogP contribution < -0.4 is 5.73 Å². The highest BCUT2D eigenvalue weighted by atomic mass is 16.4. The second-order valence-corrected chi connectivity index (χ2v) is 3.80. The van der Waals surface area contributed by atoms with Crippen LogP contribution in [0.2, 0.25) is 0 Å². The number of hydrogen-bond acceptors (Lipinski definition) is 4. The number of carboxylic acids is 1. The van der Waals surface area contributed by atoms with E-state index in [2.05, 4.69) is 0 Å². The van der Waals surface area contributed by atoms with Crippen LogP contribution in [-0.4, -0.2) is 40.4 Å². The lowest BCUT2D eigenvalue weighted by molar-refractivity contribution is -0.154. The Morgan fingerprint density at radius 3 is 2.31 bits per heavy atom. The lowest BCUT2D eigenvalue weighted by Crippen LogP contribution is -2.44. The van der Waals surface area contributed by atoms with Gasteiger partial charge in [0.1, 0.15) is 6.04 Å². The van der Waals surface area contributed by atoms with Crippen LogP contribution in [0, 0.1) is 0 Å². The molecule has 0 spiro atoms. The van der Waals surface area contributed by atoms with Crippen molar-refractivity contribution in [1.29, 1.82) is 0 Å². The Kier molecular flexibility index (Phi) is 4.42. The fraction of sp³-hybridized carbons (Fsp3) is 0.700. The van der Waals surface area contributed by atoms with Crippen LogP contribution in [0.5, 0.6) is 0 Å². The van der Waals surface area contributed by atoms with Gasteiger partial charge in [0.25, 0.3) is 0 Å². The molecule has 0 aromatic rings. The van der Waals surface area contributed by atoms with Gasteiger partial charge in [0.15, 0.2) is 0 Å². The van der Waals surface area contributed by atoms with Crippen molar-refractivity contribution in [3.8, 4) is 0 Å². The molecule has 1 aliphatic heterocycles. The van der Waals surface area contributed by atoms with E-state index < -0.39 is 12.0 Å². The number of nitrogens with zero attached hydrogens (tertiary/aromatic N) is 1. The minimum Gasteiger partial charge on any atom is -0.480 e. The number of carboxylic acid groups (broad SMARTS) is 1. The zero-order chi connectivity index (χ0) is 12.1. The average Bonchev–Trinajstić information content (AvgIpc) is 2.54. The number of hydrogen-bond donors (Lipinski definition) is 2. The molecule has 0 radical (unpaired) electrons. The fourth-order valence-corrected chi connectivity index (χ4v) is 1.79. The summed E-state index contributed by atoms with van der Waals surface area (Å²) in [6.45, 7) is 0.480. The molecule has 90 valence electrons. The van der Waals surface area contributed by atoms with Gasteiger partial charge in [-0.05, 0) is 25.8 Å². The third kappa shape index (κ3) is 2.79. The fourth-order valence-electron chi connectivity index (χ4n) is 1.79. The largest absolute Gasteiger partial charge is 0.480 e. The molecule has 1 unspecified atom stereocenters. The number of rotatable bonds is 6. The van der Waals surface area contributed by atoms with Gasteiger partial charge in [0, 0.05) is 12.8 Å². The Balaban J connectivity index is 2.65. The highest BCUT2D eigenvalue weighted by Crippen LogP contribution is 2.19. The topological polar surface area (TPSA) is 101 Å². The molecule has 1 heterocycles. The summed E-state index contributed by atoms with van der Waals surface area (Å²) < 4.78 is 0. The van der Waals surface area contributed by atoms with E-state index in [0.717, 1.165) is 4.90 Å². The van der Waals surface area contributed by atoms with Gasteiger partial charge in [-0.2, -0.15) is 0 Å². The summed E-state index contributed by atoms with van der Waals surface area (Å²) in [5, 5.41) is 8.99. The summed E-state index contributed by atoms with van der Waals surface area (Å²) in [6, 6.07) is -1.02. The van der Waals surface area contributed by atoms with E-state index in [0.29, 0.717) is 19.4 Å². The molecule has 1 rings (SSSR count). The molecule has 16 heavy (non-hydrogen) atoms. The Bertz CT molecular complexity index is 287. The van der Waals surface area contributed by atoms with Crippen molar-refractivity contribution in [2.45, 2.75) is 38.1 Å². The van der Waals surface area contributed by atoms with Crippen LogP contribution in [0.4, 0.5) is 0 Å². The minimum atomic E-state index is -1.12. The van der Waals surface area contributed by atoms with Crippen molar-refractivity contribution in [3.05, 3.63) is 0 Å². The molecule has 6 heteroatoms. The van der Waals surface area contributed by atoms with Crippen molar-refractivity contribution in [1.82, 2.24) is 4.90 Å². The third-order valence-corrected chi connectivity index (χ3v) is 2.62. The minimum absolute atomic E-state index is 0.125. The molecule has 0 saturated carbocycles. The highest BCUT2D eigenvalue weighted by molar-refractivity contribution is 6.04. The molecule has 2 amide bonds. The number of unbranched alkanes of at least 4 members (excludes halogenated alkanes) is 1. The number of aliphatic carboxylic acids is 1. The first kappa shape index (κ1) is 12.6. The molecule has 6 nitrogen and oxygen atoms in total. The van der Waals surface area contributed by atoms with Gasteiger partial charge in [-0.3, -0.25) is 14.5 Å². The quantitative estimate of drug-likeness (QED) is 0.481. The zero-order valence-electron chi connectivity index (χ0n) is 9.02. The normalized spacial score (nSPS) is 17.9. The van der Waals surface area contributed by atoms with Gasteiger partial charge in [-0.25, -0.2) is 4.79 Å². The standard InChI is InChI=1S/C10H16N2O4/c11-6-2-1-3-7(10(15)16)12-8(13)4-5-9(12)14/h7H,1-6,11H2,(H,15,16). The van der Waals surface area contributed by atoms with E-state index in [1.165, 1.54) is 0 Å². The van der Waals surface area contributed by atoms with Gasteiger partial charge >= 0.3 is 5.97 Å². The Morgan fingerprint density at radius 1 is 1.31 bits per heavy atom. The van der Waals surface area contributed by atoms with Crippen molar-refractivity contribution in [2.24, 2.45) is 5.73 Å². The first-order valence-corrected chi connectivity index (χ1v) is 5.35. The SMILES string of the molecule is NCCCCC(C(=O)O)N1C(=O)CCC1=O. The molecule has 0 aromatic heterocycles. The van der Waals surface area contributed by atoms with Crippen molar-refractivity contribution >= 4 is 17.8 Å². The lowest BCUT2D eigenvalue weighted by Gasteiger charge is -2.22. The third-order valence-electron chi connectivity index (χ3n) is 2.62. The predicted octanol–water partition coefficient (Wildman–Crippen LogP) is -0.282. The molecular weight excluding hydrogens is 212 g/mol. The average molecular weight is 228 g/mol. The maximum absolute atomic E-state index is 11.4. The second kappa shape index (κ2) is 5.60. The maximum Gasteiger partial charge on any atom is 0.326 e. The summed E-state index contributed by atoms with van der Waals surface area (Å²) >= 11 is 0. The first-order chi connectivity index (χ1) is 7.57. The number of amides is 2. The number of likely N-dealkylation sites (tertiary alicyclic amines) is 1. The summed E-state index contributed by atoms with van der Waals surface area (Å²) in [4.78, 5) is 34.6. The molecule has 0 bridgehead atoms. The van der Waals surface area contributed by atoms with Crippen LogP contribution >= 0.6 is 0 Å². The first-order valence-electron chi connectivity index (χ1n) is 5.35.